The first-order chi connectivity index (χ1) is 17.8. The van der Waals surface area contributed by atoms with Gasteiger partial charge in [-0.05, 0) is 52.5 Å². The number of rotatable bonds is 14. The smallest absolute Gasteiger partial charge is 0.461 e. The molecule has 2 aromatic heterocycles. The third-order valence-electron chi connectivity index (χ3n) is 4.95. The topological polar surface area (TPSA) is 181 Å². The van der Waals surface area contributed by atoms with Crippen molar-refractivity contribution in [3.63, 3.8) is 0 Å². The lowest BCUT2D eigenvalue weighted by Crippen LogP contribution is -2.44. The first-order valence-electron chi connectivity index (χ1n) is 12.6. The maximum atomic E-state index is 12.4. The molecule has 0 aliphatic carbocycles. The number of anilines is 1. The van der Waals surface area contributed by atoms with Gasteiger partial charge in [0.1, 0.15) is 17.9 Å². The monoisotopic (exact) mass is 557 g/mol. The maximum absolute atomic E-state index is 12.4. The minimum Gasteiger partial charge on any atom is -0.464 e. The summed E-state index contributed by atoms with van der Waals surface area (Å²) in [6.45, 7) is 12.9. The van der Waals surface area contributed by atoms with Crippen molar-refractivity contribution < 1.29 is 33.5 Å². The lowest BCUT2D eigenvalue weighted by Gasteiger charge is -2.18. The molecular formula is C24H42N6O7P+. The number of aromatic nitrogens is 4. The van der Waals surface area contributed by atoms with Gasteiger partial charge in [0.25, 0.3) is 6.35 Å². The summed E-state index contributed by atoms with van der Waals surface area (Å²) < 4.78 is 29.7. The number of imidazole rings is 1. The van der Waals surface area contributed by atoms with Gasteiger partial charge in [0.15, 0.2) is 17.0 Å². The molecule has 3 unspecified atom stereocenters. The first kappa shape index (κ1) is 33.3. The first-order valence-corrected chi connectivity index (χ1v) is 14.0. The number of hydrogen-bond donors (Lipinski definition) is 3. The summed E-state index contributed by atoms with van der Waals surface area (Å²) in [5.41, 5.74) is 5.88. The Balaban J connectivity index is 0.000000686. The molecule has 0 fully saturated rings. The Kier molecular flexibility index (Phi) is 14.3. The molecule has 14 heteroatoms. The minimum absolute atomic E-state index is 0.0349. The number of nitrogens with two attached hydrogens (primary N) is 1. The van der Waals surface area contributed by atoms with E-state index in [1.54, 1.807) is 38.6 Å². The van der Waals surface area contributed by atoms with Gasteiger partial charge in [-0.15, -0.1) is 0 Å². The van der Waals surface area contributed by atoms with Crippen molar-refractivity contribution in [1.82, 2.24) is 24.6 Å². The summed E-state index contributed by atoms with van der Waals surface area (Å²) in [5.74, 6) is -0.671. The number of aliphatic hydroxyl groups is 1. The van der Waals surface area contributed by atoms with E-state index in [0.717, 1.165) is 19.3 Å². The summed E-state index contributed by atoms with van der Waals surface area (Å²) in [5, 5.41) is 11.4. The quantitative estimate of drug-likeness (QED) is 0.176. The van der Waals surface area contributed by atoms with Crippen LogP contribution in [0.25, 0.3) is 11.2 Å². The van der Waals surface area contributed by atoms with Crippen molar-refractivity contribution in [1.29, 1.82) is 0 Å². The van der Waals surface area contributed by atoms with Crippen LogP contribution in [0.5, 0.6) is 0 Å². The van der Waals surface area contributed by atoms with Crippen LogP contribution < -0.4 is 10.8 Å². The van der Waals surface area contributed by atoms with Crippen LogP contribution in [0.3, 0.4) is 0 Å². The van der Waals surface area contributed by atoms with Gasteiger partial charge < -0.3 is 29.6 Å². The van der Waals surface area contributed by atoms with E-state index in [1.807, 2.05) is 6.92 Å². The van der Waals surface area contributed by atoms with E-state index in [4.69, 9.17) is 20.3 Å². The van der Waals surface area contributed by atoms with Crippen LogP contribution >= 0.6 is 7.95 Å². The van der Waals surface area contributed by atoms with Crippen molar-refractivity contribution in [2.45, 2.75) is 98.1 Å². The van der Waals surface area contributed by atoms with E-state index in [1.165, 1.54) is 13.3 Å². The zero-order chi connectivity index (χ0) is 28.9. The predicted octanol–water partition coefficient (Wildman–Crippen LogP) is 2.93. The van der Waals surface area contributed by atoms with Gasteiger partial charge in [0, 0.05) is 0 Å². The number of nitrogen functional groups attached to an aromatic ring is 1. The SMILES string of the molecule is CC(C)OC(=O)C(C)O.CCCCCOC(=O)C(C)(C)N[P+](=O)COC(C)Cn1cnc2c(N)ncnc21. The number of aliphatic hydroxyl groups excluding tert-OH is 1. The lowest BCUT2D eigenvalue weighted by molar-refractivity contribution is -0.156. The molecule has 4 N–H and O–H groups in total. The van der Waals surface area contributed by atoms with Crippen molar-refractivity contribution in [2.24, 2.45) is 0 Å². The molecular weight excluding hydrogens is 515 g/mol. The standard InChI is InChI=1S/C18H30N6O4P.C6H12O3/c1-5-6-7-8-27-17(25)18(3,4)23-29(26)12-28-13(2)9-24-11-22-14-15(19)20-10-21-16(14)24;1-4(2)9-6(8)5(3)7/h10-11,13H,5-9,12H2,1-4H3,(H,23,26)(H2,19,20,21);4-5,7H,1-3H3/q+1;. The second-order valence-electron chi connectivity index (χ2n) is 9.55. The van der Waals surface area contributed by atoms with Gasteiger partial charge in [-0.3, -0.25) is 0 Å². The van der Waals surface area contributed by atoms with Gasteiger partial charge in [-0.1, -0.05) is 24.9 Å². The van der Waals surface area contributed by atoms with Gasteiger partial charge in [0.05, 0.1) is 31.7 Å². The molecule has 13 nitrogen and oxygen atoms in total. The van der Waals surface area contributed by atoms with Gasteiger partial charge in [-0.2, -0.15) is 0 Å². The largest absolute Gasteiger partial charge is 0.464 e. The van der Waals surface area contributed by atoms with E-state index in [2.05, 4.69) is 31.7 Å². The Hall–Kier alpha value is -2.73. The van der Waals surface area contributed by atoms with Crippen LogP contribution in [-0.4, -0.2) is 73.4 Å². The fourth-order valence-corrected chi connectivity index (χ4v) is 4.14. The highest BCUT2D eigenvalue weighted by Gasteiger charge is 2.37. The van der Waals surface area contributed by atoms with Crippen molar-refractivity contribution in [3.05, 3.63) is 12.7 Å². The number of nitrogens with one attached hydrogen (secondary N) is 1. The van der Waals surface area contributed by atoms with E-state index in [9.17, 15) is 14.2 Å². The normalized spacial score (nSPS) is 13.4. The molecule has 214 valence electrons. The lowest BCUT2D eigenvalue weighted by atomic mass is 10.1. The number of unbranched alkanes of at least 4 members (excludes halogenated alkanes) is 2. The molecule has 38 heavy (non-hydrogen) atoms. The predicted molar refractivity (Wildman–Crippen MR) is 143 cm³/mol. The fourth-order valence-electron chi connectivity index (χ4n) is 2.97. The number of ether oxygens (including phenoxy) is 3. The van der Waals surface area contributed by atoms with Crippen LogP contribution in [0.15, 0.2) is 12.7 Å². The zero-order valence-electron chi connectivity index (χ0n) is 23.3. The fraction of sp³-hybridized carbons (Fsp3) is 0.708. The van der Waals surface area contributed by atoms with Crippen LogP contribution in [-0.2, 0) is 34.9 Å². The molecule has 0 radical (unpaired) electrons. The number of hydrogen-bond acceptors (Lipinski definition) is 11. The van der Waals surface area contributed by atoms with Gasteiger partial charge >= 0.3 is 19.9 Å². The number of nitrogens with zero attached hydrogens (tertiary/aromatic N) is 4. The summed E-state index contributed by atoms with van der Waals surface area (Å²) in [6, 6.07) is 0. The van der Waals surface area contributed by atoms with E-state index >= 15 is 0 Å². The van der Waals surface area contributed by atoms with Gasteiger partial charge in [0.2, 0.25) is 0 Å². The molecule has 2 rings (SSSR count). The highest BCUT2D eigenvalue weighted by Crippen LogP contribution is 2.23. The number of esters is 2. The molecule has 0 amide bonds. The number of carbonyl (C=O) groups is 2. The molecule has 0 saturated carbocycles. The molecule has 0 aliphatic rings. The summed E-state index contributed by atoms with van der Waals surface area (Å²) in [4.78, 5) is 35.0. The molecule has 0 aliphatic heterocycles. The Morgan fingerprint density at radius 2 is 1.87 bits per heavy atom. The Morgan fingerprint density at radius 1 is 1.18 bits per heavy atom. The summed E-state index contributed by atoms with van der Waals surface area (Å²) >= 11 is 0. The Labute approximate surface area is 224 Å². The summed E-state index contributed by atoms with van der Waals surface area (Å²) in [6.07, 6.45) is 4.43. The summed E-state index contributed by atoms with van der Waals surface area (Å²) in [7, 11) is -1.95. The van der Waals surface area contributed by atoms with Crippen molar-refractivity contribution >= 4 is 36.9 Å². The number of fused-ring (bicyclic) bond motifs is 1. The highest BCUT2D eigenvalue weighted by molar-refractivity contribution is 7.42. The van der Waals surface area contributed by atoms with Crippen molar-refractivity contribution in [2.75, 3.05) is 18.7 Å². The van der Waals surface area contributed by atoms with Crippen molar-refractivity contribution in [3.8, 4) is 0 Å². The zero-order valence-corrected chi connectivity index (χ0v) is 24.2. The maximum Gasteiger partial charge on any atom is 0.461 e. The van der Waals surface area contributed by atoms with E-state index in [-0.39, 0.29) is 18.6 Å². The molecule has 0 spiro atoms. The van der Waals surface area contributed by atoms with Gasteiger partial charge in [-0.25, -0.2) is 24.5 Å². The van der Waals surface area contributed by atoms with Crippen LogP contribution in [0.2, 0.25) is 0 Å². The third kappa shape index (κ3) is 11.8. The molecule has 3 atom stereocenters. The third-order valence-corrected chi connectivity index (χ3v) is 6.14. The Morgan fingerprint density at radius 3 is 2.45 bits per heavy atom. The van der Waals surface area contributed by atoms with Crippen LogP contribution in [0.4, 0.5) is 5.82 Å². The average Bonchev–Trinajstić information content (AvgIpc) is 3.24. The minimum atomic E-state index is -1.95. The van der Waals surface area contributed by atoms with E-state index < -0.39 is 31.5 Å². The molecule has 0 aromatic carbocycles. The second-order valence-corrected chi connectivity index (χ2v) is 10.8. The van der Waals surface area contributed by atoms with E-state index in [0.29, 0.717) is 30.1 Å². The second kappa shape index (κ2) is 16.3. The molecule has 0 bridgehead atoms. The highest BCUT2D eigenvalue weighted by atomic mass is 31.1. The van der Waals surface area contributed by atoms with Crippen LogP contribution in [0.1, 0.15) is 67.7 Å². The number of carbonyl (C=O) groups excluding carboxylic acids is 2. The average molecular weight is 558 g/mol. The Bertz CT molecular complexity index is 1040. The molecule has 2 heterocycles. The van der Waals surface area contributed by atoms with Crippen LogP contribution in [0, 0.1) is 0 Å². The molecule has 2 aromatic rings. The molecule has 0 saturated heterocycles.